The normalized spacial score (nSPS) is 21.1. The minimum Gasteiger partial charge on any atom is -0.320 e. The fraction of sp³-hybridized carbons (Fsp3) is 0.353. The van der Waals surface area contributed by atoms with E-state index in [4.69, 9.17) is 0 Å². The lowest BCUT2D eigenvalue weighted by atomic mass is 9.58. The zero-order valence-electron chi connectivity index (χ0n) is 25.9. The first-order valence-electron chi connectivity index (χ1n) is 15.7. The Labute approximate surface area is 268 Å². The molecule has 0 spiro atoms. The van der Waals surface area contributed by atoms with Gasteiger partial charge in [0.15, 0.2) is 5.82 Å². The highest BCUT2D eigenvalue weighted by Crippen LogP contribution is 2.52. The number of aryl methyl sites for hydroxylation is 1. The molecule has 8 rings (SSSR count). The number of fused-ring (bicyclic) bond motifs is 2. The number of pyridine rings is 1. The van der Waals surface area contributed by atoms with Gasteiger partial charge in [0.1, 0.15) is 18.0 Å². The van der Waals surface area contributed by atoms with Crippen LogP contribution in [-0.2, 0) is 44.8 Å². The van der Waals surface area contributed by atoms with Crippen molar-refractivity contribution in [3.8, 4) is 11.4 Å². The predicted molar refractivity (Wildman–Crippen MR) is 166 cm³/mol. The second-order valence-corrected chi connectivity index (χ2v) is 13.0. The molecule has 3 aliphatic rings. The number of aromatic nitrogens is 7. The van der Waals surface area contributed by atoms with Crippen molar-refractivity contribution >= 4 is 11.6 Å². The Bertz CT molecular complexity index is 2000. The van der Waals surface area contributed by atoms with Crippen molar-refractivity contribution in [2.24, 2.45) is 13.0 Å². The van der Waals surface area contributed by atoms with Crippen molar-refractivity contribution in [3.63, 3.8) is 0 Å². The first-order valence-corrected chi connectivity index (χ1v) is 15.7. The van der Waals surface area contributed by atoms with Crippen molar-refractivity contribution in [2.75, 3.05) is 11.4 Å². The van der Waals surface area contributed by atoms with E-state index >= 15 is 0 Å². The molecule has 1 saturated carbocycles. The zero-order valence-corrected chi connectivity index (χ0v) is 25.9. The summed E-state index contributed by atoms with van der Waals surface area (Å²) in [7, 11) is 1.91. The highest BCUT2D eigenvalue weighted by Gasteiger charge is 2.48. The standard InChI is InChI=1S/C34H32F3N9O/c1-21-14-33(15-21,32-41-39-20-43(32)2)24-6-3-7-25(13-24)45-18-27-26(31(45)47)11-22(12-28(27)34(35,36)37)17-44-9-10-46-29(19-44)40-30(42-46)23-5-4-8-38-16-23/h3-8,11-13,16,20-21H,9-10,14-15,17-19H2,1-2H3. The van der Waals surface area contributed by atoms with Gasteiger partial charge in [-0.25, -0.2) is 9.67 Å². The van der Waals surface area contributed by atoms with E-state index in [1.54, 1.807) is 30.9 Å². The van der Waals surface area contributed by atoms with Gasteiger partial charge in [-0.3, -0.25) is 14.7 Å². The summed E-state index contributed by atoms with van der Waals surface area (Å²) in [5.74, 6) is 2.20. The molecule has 240 valence electrons. The number of nitrogens with zero attached hydrogens (tertiary/aromatic N) is 9. The molecule has 13 heteroatoms. The average Bonchev–Trinajstić information content (AvgIpc) is 3.76. The molecule has 0 N–H and O–H groups in total. The van der Waals surface area contributed by atoms with Crippen LogP contribution in [0.25, 0.3) is 11.4 Å². The minimum absolute atomic E-state index is 0.0106. The van der Waals surface area contributed by atoms with E-state index in [1.165, 1.54) is 11.0 Å². The molecule has 1 aliphatic carbocycles. The van der Waals surface area contributed by atoms with Crippen LogP contribution in [0.2, 0.25) is 0 Å². The fourth-order valence-corrected chi connectivity index (χ4v) is 7.58. The second kappa shape index (κ2) is 10.8. The molecular formula is C34H32F3N9O. The van der Waals surface area contributed by atoms with Crippen LogP contribution in [0.5, 0.6) is 0 Å². The highest BCUT2D eigenvalue weighted by molar-refractivity contribution is 6.10. The van der Waals surface area contributed by atoms with Crippen molar-refractivity contribution in [1.82, 2.24) is 39.4 Å². The molecule has 1 fully saturated rings. The van der Waals surface area contributed by atoms with E-state index in [0.717, 1.165) is 35.6 Å². The number of hydrogen-bond donors (Lipinski definition) is 0. The van der Waals surface area contributed by atoms with E-state index in [0.29, 0.717) is 42.6 Å². The lowest BCUT2D eigenvalue weighted by Gasteiger charge is -2.46. The minimum atomic E-state index is -4.61. The summed E-state index contributed by atoms with van der Waals surface area (Å²) < 4.78 is 47.4. The Morgan fingerprint density at radius 2 is 1.89 bits per heavy atom. The number of carbonyl (C=O) groups is 1. The molecule has 5 heterocycles. The van der Waals surface area contributed by atoms with Crippen LogP contribution < -0.4 is 4.90 Å². The molecule has 0 saturated heterocycles. The summed E-state index contributed by atoms with van der Waals surface area (Å²) in [6.07, 6.45) is 2.18. The van der Waals surface area contributed by atoms with Crippen LogP contribution in [0.1, 0.15) is 64.0 Å². The van der Waals surface area contributed by atoms with Gasteiger partial charge < -0.3 is 9.47 Å². The third kappa shape index (κ3) is 5.00. The van der Waals surface area contributed by atoms with Gasteiger partial charge in [-0.05, 0) is 71.8 Å². The van der Waals surface area contributed by atoms with Crippen LogP contribution in [0.15, 0.2) is 67.3 Å². The van der Waals surface area contributed by atoms with Gasteiger partial charge in [0.05, 0.1) is 30.6 Å². The quantitative estimate of drug-likeness (QED) is 0.246. The van der Waals surface area contributed by atoms with Gasteiger partial charge in [-0.15, -0.1) is 10.2 Å². The molecule has 2 aromatic carbocycles. The number of halogens is 3. The fourth-order valence-electron chi connectivity index (χ4n) is 7.58. The van der Waals surface area contributed by atoms with E-state index in [9.17, 15) is 18.0 Å². The summed E-state index contributed by atoms with van der Waals surface area (Å²) in [6, 6.07) is 14.1. The van der Waals surface area contributed by atoms with Crippen molar-refractivity contribution in [1.29, 1.82) is 0 Å². The number of hydrogen-bond acceptors (Lipinski definition) is 7. The number of benzene rings is 2. The van der Waals surface area contributed by atoms with Gasteiger partial charge in [0.25, 0.3) is 5.91 Å². The molecule has 0 atom stereocenters. The Balaban J connectivity index is 1.08. The number of amides is 1. The molecule has 1 amide bonds. The third-order valence-electron chi connectivity index (χ3n) is 9.72. The lowest BCUT2D eigenvalue weighted by Crippen LogP contribution is -2.43. The Kier molecular flexibility index (Phi) is 6.79. The van der Waals surface area contributed by atoms with Crippen LogP contribution >= 0.6 is 0 Å². The second-order valence-electron chi connectivity index (χ2n) is 13.0. The molecule has 5 aromatic rings. The van der Waals surface area contributed by atoms with E-state index in [-0.39, 0.29) is 29.6 Å². The van der Waals surface area contributed by atoms with Crippen LogP contribution in [-0.4, -0.2) is 51.9 Å². The molecule has 0 bridgehead atoms. The topological polar surface area (TPSA) is 97.9 Å². The lowest BCUT2D eigenvalue weighted by molar-refractivity contribution is -0.138. The molecule has 0 unspecified atom stereocenters. The van der Waals surface area contributed by atoms with E-state index in [2.05, 4.69) is 32.2 Å². The number of alkyl halides is 3. The maximum absolute atomic E-state index is 14.5. The Hall–Kier alpha value is -4.91. The first-order chi connectivity index (χ1) is 22.6. The third-order valence-corrected chi connectivity index (χ3v) is 9.72. The van der Waals surface area contributed by atoms with Crippen molar-refractivity contribution in [2.45, 2.75) is 57.5 Å². The highest BCUT2D eigenvalue weighted by atomic mass is 19.4. The monoisotopic (exact) mass is 639 g/mol. The number of anilines is 1. The van der Waals surface area contributed by atoms with Gasteiger partial charge in [-0.1, -0.05) is 19.1 Å². The van der Waals surface area contributed by atoms with Crippen LogP contribution in [0.4, 0.5) is 18.9 Å². The van der Waals surface area contributed by atoms with E-state index in [1.807, 2.05) is 51.5 Å². The van der Waals surface area contributed by atoms with Gasteiger partial charge in [-0.2, -0.15) is 18.3 Å². The Morgan fingerprint density at radius 1 is 1.04 bits per heavy atom. The summed E-state index contributed by atoms with van der Waals surface area (Å²) in [4.78, 5) is 26.2. The first kappa shape index (κ1) is 29.5. The van der Waals surface area contributed by atoms with Crippen molar-refractivity contribution < 1.29 is 18.0 Å². The molecule has 10 nitrogen and oxygen atoms in total. The SMILES string of the molecule is CC1CC(c2cccc(N3Cc4c(cc(CN5CCn6nc(-c7cccnc7)nc6C5)cc4C(F)(F)F)C3=O)c2)(c2nncn2C)C1. The van der Waals surface area contributed by atoms with Crippen LogP contribution in [0, 0.1) is 5.92 Å². The summed E-state index contributed by atoms with van der Waals surface area (Å²) in [5, 5.41) is 13.1. The number of rotatable bonds is 6. The summed E-state index contributed by atoms with van der Waals surface area (Å²) in [6.45, 7) is 3.84. The molecule has 3 aromatic heterocycles. The van der Waals surface area contributed by atoms with Gasteiger partial charge in [0.2, 0.25) is 0 Å². The smallest absolute Gasteiger partial charge is 0.320 e. The molecule has 47 heavy (non-hydrogen) atoms. The number of carbonyl (C=O) groups excluding carboxylic acids is 1. The van der Waals surface area contributed by atoms with Crippen molar-refractivity contribution in [3.05, 3.63) is 107 Å². The van der Waals surface area contributed by atoms with Gasteiger partial charge in [0, 0.05) is 49.3 Å². The average molecular weight is 640 g/mol. The predicted octanol–water partition coefficient (Wildman–Crippen LogP) is 5.38. The zero-order chi connectivity index (χ0) is 32.5. The largest absolute Gasteiger partial charge is 0.416 e. The van der Waals surface area contributed by atoms with Gasteiger partial charge >= 0.3 is 6.18 Å². The van der Waals surface area contributed by atoms with Crippen LogP contribution in [0.3, 0.4) is 0 Å². The summed E-state index contributed by atoms with van der Waals surface area (Å²) in [5.41, 5.74) is 1.76. The maximum Gasteiger partial charge on any atom is 0.416 e. The molecule has 2 aliphatic heterocycles. The molecular weight excluding hydrogens is 607 g/mol. The Morgan fingerprint density at radius 3 is 2.62 bits per heavy atom. The molecule has 0 radical (unpaired) electrons. The summed E-state index contributed by atoms with van der Waals surface area (Å²) >= 11 is 0. The maximum atomic E-state index is 14.5. The van der Waals surface area contributed by atoms with E-state index < -0.39 is 17.6 Å².